The molecular weight excluding hydrogens is 314 g/mol. The van der Waals surface area contributed by atoms with Gasteiger partial charge in [0.15, 0.2) is 0 Å². The quantitative estimate of drug-likeness (QED) is 0.646. The number of carbonyl (C=O) groups excluding carboxylic acids is 1. The summed E-state index contributed by atoms with van der Waals surface area (Å²) in [5.74, 6) is 0.644. The molecule has 130 valence electrons. The Morgan fingerprint density at radius 1 is 1.08 bits per heavy atom. The lowest BCUT2D eigenvalue weighted by molar-refractivity contribution is 0.0526. The van der Waals surface area contributed by atoms with Gasteiger partial charge in [0.1, 0.15) is 5.75 Å². The summed E-state index contributed by atoms with van der Waals surface area (Å²) in [7, 11) is 1.71. The third kappa shape index (κ3) is 2.88. The topological polar surface area (TPSA) is 40.5 Å². The van der Waals surface area contributed by atoms with Gasteiger partial charge < -0.3 is 14.0 Å². The Balaban J connectivity index is 2.12. The summed E-state index contributed by atoms with van der Waals surface area (Å²) < 4.78 is 12.8. The van der Waals surface area contributed by atoms with Crippen LogP contribution in [0.25, 0.3) is 16.6 Å². The van der Waals surface area contributed by atoms with E-state index in [-0.39, 0.29) is 5.97 Å². The van der Waals surface area contributed by atoms with Gasteiger partial charge in [0.2, 0.25) is 0 Å². The van der Waals surface area contributed by atoms with Gasteiger partial charge in [-0.2, -0.15) is 0 Å². The Morgan fingerprint density at radius 2 is 1.76 bits per heavy atom. The van der Waals surface area contributed by atoms with Crippen molar-refractivity contribution in [2.24, 2.45) is 0 Å². The molecule has 25 heavy (non-hydrogen) atoms. The fourth-order valence-electron chi connectivity index (χ4n) is 3.46. The largest absolute Gasteiger partial charge is 0.496 e. The molecule has 3 aromatic rings. The number of fused-ring (bicyclic) bond motifs is 1. The average molecular weight is 337 g/mol. The van der Waals surface area contributed by atoms with Crippen molar-refractivity contribution in [3.05, 3.63) is 58.8 Å². The molecule has 0 bridgehead atoms. The Kier molecular flexibility index (Phi) is 4.53. The Labute approximate surface area is 148 Å². The number of aryl methyl sites for hydroxylation is 3. The molecule has 0 N–H and O–H groups in total. The molecule has 0 amide bonds. The maximum Gasteiger partial charge on any atom is 0.338 e. The minimum atomic E-state index is -0.293. The van der Waals surface area contributed by atoms with Crippen molar-refractivity contribution in [2.45, 2.75) is 27.7 Å². The second kappa shape index (κ2) is 6.63. The van der Waals surface area contributed by atoms with Crippen LogP contribution in [0.15, 0.2) is 36.5 Å². The summed E-state index contributed by atoms with van der Waals surface area (Å²) in [6, 6.07) is 9.64. The third-order valence-corrected chi connectivity index (χ3v) is 4.52. The standard InChI is InChI=1S/C21H23NO3/c1-6-25-21(23)16-7-9-17(10-8-16)22-12-14(3)19-15(4)20(24-5)13(2)11-18(19)22/h7-12H,6H2,1-5H3. The van der Waals surface area contributed by atoms with Crippen LogP contribution in [0.3, 0.4) is 0 Å². The molecule has 0 atom stereocenters. The highest BCUT2D eigenvalue weighted by Crippen LogP contribution is 2.35. The van der Waals surface area contributed by atoms with E-state index in [9.17, 15) is 4.79 Å². The maximum absolute atomic E-state index is 11.8. The molecule has 3 rings (SSSR count). The van der Waals surface area contributed by atoms with E-state index in [0.717, 1.165) is 28.1 Å². The summed E-state index contributed by atoms with van der Waals surface area (Å²) in [6.07, 6.45) is 2.12. The average Bonchev–Trinajstić information content (AvgIpc) is 2.92. The van der Waals surface area contributed by atoms with E-state index in [1.807, 2.05) is 12.1 Å². The van der Waals surface area contributed by atoms with Crippen molar-refractivity contribution >= 4 is 16.9 Å². The number of hydrogen-bond acceptors (Lipinski definition) is 3. The molecule has 4 nitrogen and oxygen atoms in total. The van der Waals surface area contributed by atoms with Crippen molar-refractivity contribution in [1.29, 1.82) is 0 Å². The molecule has 0 unspecified atom stereocenters. The number of aromatic nitrogens is 1. The summed E-state index contributed by atoms with van der Waals surface area (Å²) in [4.78, 5) is 11.8. The van der Waals surface area contributed by atoms with E-state index in [1.54, 1.807) is 26.2 Å². The predicted molar refractivity (Wildman–Crippen MR) is 100.0 cm³/mol. The first-order chi connectivity index (χ1) is 12.0. The summed E-state index contributed by atoms with van der Waals surface area (Å²) in [6.45, 7) is 8.44. The molecule has 1 aromatic heterocycles. The predicted octanol–water partition coefficient (Wildman–Crippen LogP) is 4.74. The monoisotopic (exact) mass is 337 g/mol. The van der Waals surface area contributed by atoms with Crippen molar-refractivity contribution in [3.8, 4) is 11.4 Å². The highest BCUT2D eigenvalue weighted by atomic mass is 16.5. The molecule has 2 aromatic carbocycles. The van der Waals surface area contributed by atoms with Gasteiger partial charge in [0.05, 0.1) is 24.8 Å². The molecule has 0 fully saturated rings. The molecule has 0 aliphatic carbocycles. The lowest BCUT2D eigenvalue weighted by atomic mass is 10.0. The van der Waals surface area contributed by atoms with Gasteiger partial charge in [-0.3, -0.25) is 0 Å². The number of carbonyl (C=O) groups is 1. The third-order valence-electron chi connectivity index (χ3n) is 4.52. The molecular formula is C21H23NO3. The number of ether oxygens (including phenoxy) is 2. The minimum absolute atomic E-state index is 0.293. The fourth-order valence-corrected chi connectivity index (χ4v) is 3.46. The van der Waals surface area contributed by atoms with Crippen LogP contribution in [0.5, 0.6) is 5.75 Å². The molecule has 0 radical (unpaired) electrons. The van der Waals surface area contributed by atoms with Gasteiger partial charge in [-0.25, -0.2) is 4.79 Å². The van der Waals surface area contributed by atoms with E-state index < -0.39 is 0 Å². The normalized spacial score (nSPS) is 10.9. The number of esters is 1. The van der Waals surface area contributed by atoms with E-state index in [0.29, 0.717) is 12.2 Å². The summed E-state index contributed by atoms with van der Waals surface area (Å²) >= 11 is 0. The minimum Gasteiger partial charge on any atom is -0.496 e. The fraction of sp³-hybridized carbons (Fsp3) is 0.286. The summed E-state index contributed by atoms with van der Waals surface area (Å²) in [5, 5.41) is 1.21. The van der Waals surface area contributed by atoms with Crippen molar-refractivity contribution in [2.75, 3.05) is 13.7 Å². The zero-order valence-corrected chi connectivity index (χ0v) is 15.3. The number of benzene rings is 2. The van der Waals surface area contributed by atoms with Crippen LogP contribution < -0.4 is 4.74 Å². The van der Waals surface area contributed by atoms with Gasteiger partial charge in [0.25, 0.3) is 0 Å². The van der Waals surface area contributed by atoms with Gasteiger partial charge in [-0.05, 0) is 69.2 Å². The lowest BCUT2D eigenvalue weighted by Crippen LogP contribution is -2.04. The molecule has 4 heteroatoms. The molecule has 1 heterocycles. The molecule has 0 spiro atoms. The zero-order valence-electron chi connectivity index (χ0n) is 15.3. The second-order valence-corrected chi connectivity index (χ2v) is 6.20. The summed E-state index contributed by atoms with van der Waals surface area (Å²) in [5.41, 5.74) is 6.16. The van der Waals surface area contributed by atoms with E-state index in [2.05, 4.69) is 37.6 Å². The van der Waals surface area contributed by atoms with E-state index >= 15 is 0 Å². The smallest absolute Gasteiger partial charge is 0.338 e. The Hall–Kier alpha value is -2.75. The van der Waals surface area contributed by atoms with Gasteiger partial charge in [-0.1, -0.05) is 0 Å². The van der Waals surface area contributed by atoms with Gasteiger partial charge in [0, 0.05) is 22.8 Å². The first-order valence-corrected chi connectivity index (χ1v) is 8.41. The first kappa shape index (κ1) is 17.1. The maximum atomic E-state index is 11.8. The Morgan fingerprint density at radius 3 is 2.36 bits per heavy atom. The molecule has 0 aliphatic heterocycles. The van der Waals surface area contributed by atoms with Crippen LogP contribution in [0, 0.1) is 20.8 Å². The van der Waals surface area contributed by atoms with Crippen LogP contribution in [0.2, 0.25) is 0 Å². The Bertz CT molecular complexity index is 936. The first-order valence-electron chi connectivity index (χ1n) is 8.41. The number of methoxy groups -OCH3 is 1. The number of rotatable bonds is 4. The van der Waals surface area contributed by atoms with Crippen LogP contribution >= 0.6 is 0 Å². The second-order valence-electron chi connectivity index (χ2n) is 6.20. The van der Waals surface area contributed by atoms with Crippen molar-refractivity contribution in [1.82, 2.24) is 4.57 Å². The lowest BCUT2D eigenvalue weighted by Gasteiger charge is -2.12. The van der Waals surface area contributed by atoms with Crippen LogP contribution in [0.1, 0.15) is 34.0 Å². The van der Waals surface area contributed by atoms with E-state index in [4.69, 9.17) is 9.47 Å². The number of nitrogens with zero attached hydrogens (tertiary/aromatic N) is 1. The number of hydrogen-bond donors (Lipinski definition) is 0. The highest BCUT2D eigenvalue weighted by molar-refractivity contribution is 5.92. The zero-order chi connectivity index (χ0) is 18.1. The van der Waals surface area contributed by atoms with Crippen LogP contribution in [0.4, 0.5) is 0 Å². The van der Waals surface area contributed by atoms with Crippen molar-refractivity contribution < 1.29 is 14.3 Å². The van der Waals surface area contributed by atoms with Crippen molar-refractivity contribution in [3.63, 3.8) is 0 Å². The van der Waals surface area contributed by atoms with Crippen LogP contribution in [-0.2, 0) is 4.74 Å². The van der Waals surface area contributed by atoms with E-state index in [1.165, 1.54) is 10.9 Å². The molecule has 0 aliphatic rings. The van der Waals surface area contributed by atoms with Gasteiger partial charge >= 0.3 is 5.97 Å². The SMILES string of the molecule is CCOC(=O)c1ccc(-n2cc(C)c3c(C)c(OC)c(C)cc32)cc1. The molecule has 0 saturated carbocycles. The highest BCUT2D eigenvalue weighted by Gasteiger charge is 2.15. The van der Waals surface area contributed by atoms with Gasteiger partial charge in [-0.15, -0.1) is 0 Å². The molecule has 0 saturated heterocycles. The van der Waals surface area contributed by atoms with Crippen LogP contribution in [-0.4, -0.2) is 24.3 Å².